The highest BCUT2D eigenvalue weighted by Gasteiger charge is 2.26. The Morgan fingerprint density at radius 1 is 1.00 bits per heavy atom. The van der Waals surface area contributed by atoms with Crippen LogP contribution >= 0.6 is 0 Å². The minimum Gasteiger partial charge on any atom is -0.387 e. The summed E-state index contributed by atoms with van der Waals surface area (Å²) in [6, 6.07) is 3.69. The lowest BCUT2D eigenvalue weighted by Crippen LogP contribution is -2.40. The zero-order valence-electron chi connectivity index (χ0n) is 14.1. The Hall–Kier alpha value is -1.04. The first kappa shape index (κ1) is 17.8. The maximum atomic E-state index is 13.7. The summed E-state index contributed by atoms with van der Waals surface area (Å²) >= 11 is 0. The monoisotopic (exact) mass is 339 g/mol. The summed E-state index contributed by atoms with van der Waals surface area (Å²) in [5, 5.41) is 10.2. The molecule has 1 saturated heterocycles. The van der Waals surface area contributed by atoms with Crippen LogP contribution in [-0.2, 0) is 4.74 Å². The lowest BCUT2D eigenvalue weighted by molar-refractivity contribution is -0.0593. The van der Waals surface area contributed by atoms with E-state index in [0.717, 1.165) is 25.9 Å². The highest BCUT2D eigenvalue weighted by Crippen LogP contribution is 2.26. The number of halogens is 2. The number of likely N-dealkylation sites (tertiary alicyclic amines) is 1. The normalized spacial score (nSPS) is 22.6. The van der Waals surface area contributed by atoms with E-state index in [1.165, 1.54) is 50.3 Å². The number of aliphatic hydroxyl groups is 1. The van der Waals surface area contributed by atoms with E-state index in [2.05, 4.69) is 4.90 Å². The van der Waals surface area contributed by atoms with Crippen molar-refractivity contribution in [2.45, 2.75) is 63.3 Å². The molecule has 1 atom stereocenters. The van der Waals surface area contributed by atoms with Crippen molar-refractivity contribution in [2.24, 2.45) is 0 Å². The van der Waals surface area contributed by atoms with Gasteiger partial charge in [0.2, 0.25) is 0 Å². The van der Waals surface area contributed by atoms with Gasteiger partial charge in [-0.2, -0.15) is 0 Å². The molecule has 1 aliphatic heterocycles. The number of nitrogens with zero attached hydrogens (tertiary/aromatic N) is 1. The number of hydrogen-bond donors (Lipinski definition) is 1. The van der Waals surface area contributed by atoms with E-state index in [-0.39, 0.29) is 18.2 Å². The van der Waals surface area contributed by atoms with Crippen molar-refractivity contribution in [3.05, 3.63) is 35.4 Å². The highest BCUT2D eigenvalue weighted by molar-refractivity contribution is 5.22. The van der Waals surface area contributed by atoms with Gasteiger partial charge in [-0.05, 0) is 37.8 Å². The number of piperidine rings is 1. The number of β-amino-alcohol motifs (C(OH)–C–C–N with tert-alkyl or cyclic N) is 1. The fraction of sp³-hybridized carbons (Fsp3) is 0.684. The molecular formula is C19H27F2NO2. The zero-order valence-corrected chi connectivity index (χ0v) is 14.1. The number of aliphatic hydroxyl groups excluding tert-OH is 1. The summed E-state index contributed by atoms with van der Waals surface area (Å²) < 4.78 is 33.7. The van der Waals surface area contributed by atoms with E-state index >= 15 is 0 Å². The number of ether oxygens (including phenoxy) is 1. The molecule has 1 saturated carbocycles. The standard InChI is InChI=1S/C19H27F2NO2/c20-16-7-4-8-17(21)19(16)18(23)13-22-11-9-15(10-12-22)24-14-5-2-1-3-6-14/h4,7-8,14-15,18,23H,1-3,5-6,9-13H2. The molecule has 0 radical (unpaired) electrons. The molecular weight excluding hydrogens is 312 g/mol. The molecule has 0 amide bonds. The van der Waals surface area contributed by atoms with Crippen LogP contribution in [0.1, 0.15) is 56.6 Å². The van der Waals surface area contributed by atoms with E-state index in [1.54, 1.807) is 0 Å². The predicted molar refractivity (Wildman–Crippen MR) is 88.7 cm³/mol. The number of hydrogen-bond acceptors (Lipinski definition) is 3. The smallest absolute Gasteiger partial charge is 0.131 e. The average Bonchev–Trinajstić information content (AvgIpc) is 2.57. The van der Waals surface area contributed by atoms with Gasteiger partial charge in [0, 0.05) is 19.6 Å². The van der Waals surface area contributed by atoms with Gasteiger partial charge < -0.3 is 14.7 Å². The SMILES string of the molecule is OC(CN1CCC(OC2CCCCC2)CC1)c1c(F)cccc1F. The Morgan fingerprint density at radius 2 is 1.58 bits per heavy atom. The van der Waals surface area contributed by atoms with Crippen molar-refractivity contribution < 1.29 is 18.6 Å². The summed E-state index contributed by atoms with van der Waals surface area (Å²) in [5.74, 6) is -1.36. The van der Waals surface area contributed by atoms with E-state index < -0.39 is 17.7 Å². The first-order valence-corrected chi connectivity index (χ1v) is 9.13. The van der Waals surface area contributed by atoms with Gasteiger partial charge in [-0.15, -0.1) is 0 Å². The van der Waals surface area contributed by atoms with Crippen molar-refractivity contribution in [3.8, 4) is 0 Å². The van der Waals surface area contributed by atoms with Gasteiger partial charge in [-0.25, -0.2) is 8.78 Å². The molecule has 1 unspecified atom stereocenters. The molecule has 24 heavy (non-hydrogen) atoms. The molecule has 3 rings (SSSR count). The first-order valence-electron chi connectivity index (χ1n) is 9.13. The predicted octanol–water partition coefficient (Wildman–Crippen LogP) is 3.81. The molecule has 3 nitrogen and oxygen atoms in total. The van der Waals surface area contributed by atoms with E-state index in [4.69, 9.17) is 4.74 Å². The maximum Gasteiger partial charge on any atom is 0.131 e. The molecule has 1 aromatic rings. The van der Waals surface area contributed by atoms with Gasteiger partial charge in [0.15, 0.2) is 0 Å². The summed E-state index contributed by atoms with van der Waals surface area (Å²) in [4.78, 5) is 2.07. The molecule has 5 heteroatoms. The van der Waals surface area contributed by atoms with Crippen LogP contribution < -0.4 is 0 Å². The molecule has 2 fully saturated rings. The summed E-state index contributed by atoms with van der Waals surface area (Å²) in [5.41, 5.74) is -0.224. The van der Waals surface area contributed by atoms with Crippen molar-refractivity contribution in [1.82, 2.24) is 4.90 Å². The van der Waals surface area contributed by atoms with Crippen LogP contribution in [0.15, 0.2) is 18.2 Å². The molecule has 134 valence electrons. The Morgan fingerprint density at radius 3 is 2.21 bits per heavy atom. The van der Waals surface area contributed by atoms with Crippen LogP contribution in [0.2, 0.25) is 0 Å². The van der Waals surface area contributed by atoms with Crippen molar-refractivity contribution >= 4 is 0 Å². The van der Waals surface area contributed by atoms with Crippen molar-refractivity contribution in [1.29, 1.82) is 0 Å². The zero-order chi connectivity index (χ0) is 16.9. The molecule has 0 bridgehead atoms. The summed E-state index contributed by atoms with van der Waals surface area (Å²) in [7, 11) is 0. The quantitative estimate of drug-likeness (QED) is 0.885. The highest BCUT2D eigenvalue weighted by atomic mass is 19.1. The Kier molecular flexibility index (Phi) is 6.19. The summed E-state index contributed by atoms with van der Waals surface area (Å²) in [6.07, 6.45) is 7.60. The minimum atomic E-state index is -1.14. The van der Waals surface area contributed by atoms with E-state index in [9.17, 15) is 13.9 Å². The minimum absolute atomic E-state index is 0.224. The van der Waals surface area contributed by atoms with Gasteiger partial charge in [-0.3, -0.25) is 0 Å². The lowest BCUT2D eigenvalue weighted by Gasteiger charge is -2.35. The molecule has 1 heterocycles. The fourth-order valence-electron chi connectivity index (χ4n) is 3.87. The lowest BCUT2D eigenvalue weighted by atomic mass is 9.97. The second-order valence-corrected chi connectivity index (χ2v) is 7.05. The van der Waals surface area contributed by atoms with Gasteiger partial charge in [-0.1, -0.05) is 25.3 Å². The maximum absolute atomic E-state index is 13.7. The third kappa shape index (κ3) is 4.52. The molecule has 2 aliphatic rings. The van der Waals surface area contributed by atoms with Gasteiger partial charge in [0.05, 0.1) is 23.9 Å². The second-order valence-electron chi connectivity index (χ2n) is 7.05. The molecule has 1 aliphatic carbocycles. The third-order valence-corrected chi connectivity index (χ3v) is 5.24. The van der Waals surface area contributed by atoms with Gasteiger partial charge in [0.25, 0.3) is 0 Å². The van der Waals surface area contributed by atoms with Crippen molar-refractivity contribution in [2.75, 3.05) is 19.6 Å². The van der Waals surface area contributed by atoms with Gasteiger partial charge in [0.1, 0.15) is 11.6 Å². The third-order valence-electron chi connectivity index (χ3n) is 5.24. The molecule has 1 aromatic carbocycles. The number of rotatable bonds is 5. The average molecular weight is 339 g/mol. The second kappa shape index (κ2) is 8.37. The first-order chi connectivity index (χ1) is 11.6. The topological polar surface area (TPSA) is 32.7 Å². The molecule has 0 aromatic heterocycles. The van der Waals surface area contributed by atoms with E-state index in [1.807, 2.05) is 0 Å². The van der Waals surface area contributed by atoms with Gasteiger partial charge >= 0.3 is 0 Å². The molecule has 1 N–H and O–H groups in total. The Balaban J connectivity index is 1.46. The number of benzene rings is 1. The van der Waals surface area contributed by atoms with Crippen LogP contribution in [0.5, 0.6) is 0 Å². The fourth-order valence-corrected chi connectivity index (χ4v) is 3.87. The van der Waals surface area contributed by atoms with Crippen LogP contribution in [0, 0.1) is 11.6 Å². The largest absolute Gasteiger partial charge is 0.387 e. The molecule has 0 spiro atoms. The summed E-state index contributed by atoms with van der Waals surface area (Å²) in [6.45, 7) is 1.85. The van der Waals surface area contributed by atoms with Crippen molar-refractivity contribution in [3.63, 3.8) is 0 Å². The Labute approximate surface area is 142 Å². The Bertz CT molecular complexity index is 506. The van der Waals surface area contributed by atoms with Crippen LogP contribution in [-0.4, -0.2) is 41.8 Å². The van der Waals surface area contributed by atoms with Crippen LogP contribution in [0.4, 0.5) is 8.78 Å². The van der Waals surface area contributed by atoms with E-state index in [0.29, 0.717) is 6.10 Å². The van der Waals surface area contributed by atoms with Crippen LogP contribution in [0.25, 0.3) is 0 Å². The van der Waals surface area contributed by atoms with Crippen LogP contribution in [0.3, 0.4) is 0 Å².